The lowest BCUT2D eigenvalue weighted by Crippen LogP contribution is -2.16. The van der Waals surface area contributed by atoms with Crippen molar-refractivity contribution < 1.29 is 17.9 Å². The van der Waals surface area contributed by atoms with E-state index >= 15 is 0 Å². The fourth-order valence-corrected chi connectivity index (χ4v) is 4.93. The molecule has 0 aliphatic carbocycles. The molecule has 0 atom stereocenters. The molecular weight excluding hydrogens is 460 g/mol. The maximum atomic E-state index is 12.9. The Morgan fingerprint density at radius 1 is 1.06 bits per heavy atom. The van der Waals surface area contributed by atoms with Gasteiger partial charge < -0.3 is 10.1 Å². The fourth-order valence-electron chi connectivity index (χ4n) is 2.90. The van der Waals surface area contributed by atoms with Crippen LogP contribution >= 0.6 is 23.3 Å². The van der Waals surface area contributed by atoms with E-state index in [2.05, 4.69) is 18.8 Å². The summed E-state index contributed by atoms with van der Waals surface area (Å²) in [5, 5.41) is 3.04. The van der Waals surface area contributed by atoms with Crippen LogP contribution in [0, 0.1) is 0 Å². The predicted octanol–water partition coefficient (Wildman–Crippen LogP) is 4.41. The summed E-state index contributed by atoms with van der Waals surface area (Å²) in [5.74, 6) is -0.266. The van der Waals surface area contributed by atoms with Gasteiger partial charge in [0.15, 0.2) is 0 Å². The molecular formula is C20H15ClN4O4S2. The van der Waals surface area contributed by atoms with Gasteiger partial charge in [0.25, 0.3) is 15.9 Å². The highest BCUT2D eigenvalue weighted by Gasteiger charge is 2.21. The van der Waals surface area contributed by atoms with Gasteiger partial charge in [-0.2, -0.15) is 8.75 Å². The zero-order valence-corrected chi connectivity index (χ0v) is 18.4. The van der Waals surface area contributed by atoms with E-state index in [0.29, 0.717) is 16.7 Å². The fraction of sp³-hybridized carbons (Fsp3) is 0.0500. The molecule has 158 valence electrons. The molecule has 2 N–H and O–H groups in total. The molecule has 0 spiro atoms. The van der Waals surface area contributed by atoms with E-state index in [-0.39, 0.29) is 26.9 Å². The van der Waals surface area contributed by atoms with Crippen LogP contribution < -0.4 is 14.8 Å². The van der Waals surface area contributed by atoms with Crippen LogP contribution in [0.3, 0.4) is 0 Å². The van der Waals surface area contributed by atoms with E-state index in [9.17, 15) is 13.2 Å². The molecule has 4 aromatic rings. The Hall–Kier alpha value is -3.21. The number of nitrogens with one attached hydrogen (secondary N) is 2. The van der Waals surface area contributed by atoms with Crippen molar-refractivity contribution in [1.82, 2.24) is 8.75 Å². The second-order valence-electron chi connectivity index (χ2n) is 6.37. The lowest BCUT2D eigenvalue weighted by molar-refractivity contribution is 0.102. The first-order chi connectivity index (χ1) is 14.9. The van der Waals surface area contributed by atoms with Crippen LogP contribution in [0.15, 0.2) is 65.6 Å². The normalized spacial score (nSPS) is 11.3. The van der Waals surface area contributed by atoms with E-state index < -0.39 is 15.9 Å². The monoisotopic (exact) mass is 474 g/mol. The number of anilines is 2. The van der Waals surface area contributed by atoms with Gasteiger partial charge >= 0.3 is 0 Å². The maximum Gasteiger partial charge on any atom is 0.265 e. The van der Waals surface area contributed by atoms with E-state index in [1.54, 1.807) is 30.3 Å². The Kier molecular flexibility index (Phi) is 5.77. The molecule has 31 heavy (non-hydrogen) atoms. The van der Waals surface area contributed by atoms with Crippen molar-refractivity contribution in [1.29, 1.82) is 0 Å². The summed E-state index contributed by atoms with van der Waals surface area (Å²) in [5.41, 5.74) is 2.26. The van der Waals surface area contributed by atoms with Gasteiger partial charge in [-0.15, -0.1) is 0 Å². The van der Waals surface area contributed by atoms with E-state index in [4.69, 9.17) is 16.3 Å². The number of sulfonamides is 1. The number of carbonyl (C=O) groups is 1. The zero-order chi connectivity index (χ0) is 22.0. The van der Waals surface area contributed by atoms with Gasteiger partial charge in [-0.25, -0.2) is 8.42 Å². The van der Waals surface area contributed by atoms with Crippen LogP contribution in [0.25, 0.3) is 11.0 Å². The van der Waals surface area contributed by atoms with Crippen molar-refractivity contribution in [3.8, 4) is 5.75 Å². The first-order valence-electron chi connectivity index (χ1n) is 8.86. The molecule has 1 aromatic heterocycles. The molecule has 0 saturated carbocycles. The SMILES string of the molecule is COc1ccc(Cl)cc1S(=O)(=O)Nc1cccc(C(=O)Nc2cccc3nsnc23)c1. The number of hydrogen-bond donors (Lipinski definition) is 2. The van der Waals surface area contributed by atoms with Gasteiger partial charge in [0.2, 0.25) is 0 Å². The minimum absolute atomic E-state index is 0.111. The van der Waals surface area contributed by atoms with Gasteiger partial charge in [0.05, 0.1) is 24.5 Å². The van der Waals surface area contributed by atoms with Crippen LogP contribution in [0.2, 0.25) is 5.02 Å². The molecule has 0 saturated heterocycles. The van der Waals surface area contributed by atoms with E-state index in [1.807, 2.05) is 0 Å². The average molecular weight is 475 g/mol. The molecule has 3 aromatic carbocycles. The first kappa shape index (κ1) is 21.0. The summed E-state index contributed by atoms with van der Waals surface area (Å²) in [6, 6.07) is 15.7. The number of rotatable bonds is 6. The highest BCUT2D eigenvalue weighted by atomic mass is 35.5. The molecule has 0 bridgehead atoms. The number of aromatic nitrogens is 2. The number of hydrogen-bond acceptors (Lipinski definition) is 7. The lowest BCUT2D eigenvalue weighted by Gasteiger charge is -2.13. The number of fused-ring (bicyclic) bond motifs is 1. The van der Waals surface area contributed by atoms with Gasteiger partial charge in [-0.3, -0.25) is 9.52 Å². The molecule has 0 unspecified atom stereocenters. The quantitative estimate of drug-likeness (QED) is 0.428. The summed E-state index contributed by atoms with van der Waals surface area (Å²) in [6.07, 6.45) is 0. The Morgan fingerprint density at radius 2 is 1.87 bits per heavy atom. The minimum atomic E-state index is -4.01. The van der Waals surface area contributed by atoms with E-state index in [1.165, 1.54) is 37.4 Å². The first-order valence-corrected chi connectivity index (χ1v) is 11.5. The molecule has 1 heterocycles. The Bertz CT molecular complexity index is 1390. The number of methoxy groups -OCH3 is 1. The van der Waals surface area contributed by atoms with Crippen molar-refractivity contribution >= 4 is 61.7 Å². The Morgan fingerprint density at radius 3 is 2.68 bits per heavy atom. The highest BCUT2D eigenvalue weighted by molar-refractivity contribution is 7.92. The number of carbonyl (C=O) groups excluding carboxylic acids is 1. The molecule has 8 nitrogen and oxygen atoms in total. The standard InChI is InChI=1S/C20H15ClN4O4S2/c1-29-17-9-8-13(21)11-18(17)31(27,28)25-14-5-2-4-12(10-14)20(26)22-15-6-3-7-16-19(15)24-30-23-16/h2-11,25H,1H3,(H,22,26). The van der Waals surface area contributed by atoms with Crippen molar-refractivity contribution in [2.75, 3.05) is 17.1 Å². The summed E-state index contributed by atoms with van der Waals surface area (Å²) in [6.45, 7) is 0. The third-order valence-electron chi connectivity index (χ3n) is 4.33. The number of nitrogens with zero attached hydrogens (tertiary/aromatic N) is 2. The summed E-state index contributed by atoms with van der Waals surface area (Å²) in [7, 11) is -2.64. The van der Waals surface area contributed by atoms with Crippen LogP contribution in [-0.2, 0) is 10.0 Å². The van der Waals surface area contributed by atoms with E-state index in [0.717, 1.165) is 11.7 Å². The summed E-state index contributed by atoms with van der Waals surface area (Å²) in [4.78, 5) is 12.6. The third-order valence-corrected chi connectivity index (χ3v) is 6.51. The zero-order valence-electron chi connectivity index (χ0n) is 16.0. The van der Waals surface area contributed by atoms with Gasteiger partial charge in [0.1, 0.15) is 21.7 Å². The van der Waals surface area contributed by atoms with Crippen LogP contribution in [0.1, 0.15) is 10.4 Å². The average Bonchev–Trinajstić information content (AvgIpc) is 3.23. The number of benzene rings is 3. The third kappa shape index (κ3) is 4.46. The van der Waals surface area contributed by atoms with Gasteiger partial charge in [0, 0.05) is 16.3 Å². The molecule has 0 fully saturated rings. The van der Waals surface area contributed by atoms with Crippen molar-refractivity contribution in [3.63, 3.8) is 0 Å². The number of halogens is 1. The number of ether oxygens (including phenoxy) is 1. The van der Waals surface area contributed by atoms with Crippen LogP contribution in [0.4, 0.5) is 11.4 Å². The van der Waals surface area contributed by atoms with Gasteiger partial charge in [-0.1, -0.05) is 23.7 Å². The highest BCUT2D eigenvalue weighted by Crippen LogP contribution is 2.29. The molecule has 0 aliphatic heterocycles. The molecule has 1 amide bonds. The Labute approximate surface area is 187 Å². The summed E-state index contributed by atoms with van der Waals surface area (Å²) < 4.78 is 41.6. The Balaban J connectivity index is 1.59. The molecule has 0 aliphatic rings. The minimum Gasteiger partial charge on any atom is -0.495 e. The summed E-state index contributed by atoms with van der Waals surface area (Å²) >= 11 is 7.00. The maximum absolute atomic E-state index is 12.9. The topological polar surface area (TPSA) is 110 Å². The van der Waals surface area contributed by atoms with Crippen molar-refractivity contribution in [2.24, 2.45) is 0 Å². The molecule has 11 heteroatoms. The van der Waals surface area contributed by atoms with Gasteiger partial charge in [-0.05, 0) is 48.5 Å². The van der Waals surface area contributed by atoms with Crippen molar-refractivity contribution in [3.05, 3.63) is 71.2 Å². The largest absolute Gasteiger partial charge is 0.495 e. The van der Waals surface area contributed by atoms with Crippen LogP contribution in [0.5, 0.6) is 5.75 Å². The smallest absolute Gasteiger partial charge is 0.265 e. The second kappa shape index (κ2) is 8.50. The predicted molar refractivity (Wildman–Crippen MR) is 121 cm³/mol. The van der Waals surface area contributed by atoms with Crippen LogP contribution in [-0.4, -0.2) is 30.2 Å². The number of amides is 1. The molecule has 4 rings (SSSR count). The molecule has 0 radical (unpaired) electrons. The lowest BCUT2D eigenvalue weighted by atomic mass is 10.2. The van der Waals surface area contributed by atoms with Crippen molar-refractivity contribution in [2.45, 2.75) is 4.90 Å². The second-order valence-corrected chi connectivity index (χ2v) is 8.99.